The number of para-hydroxylation sites is 1. The van der Waals surface area contributed by atoms with E-state index in [2.05, 4.69) is 37.2 Å². The molecule has 1 amide bonds. The largest absolute Gasteiger partial charge is 0.360 e. The molecule has 0 bridgehead atoms. The van der Waals surface area contributed by atoms with Crippen LogP contribution in [0.5, 0.6) is 0 Å². The van der Waals surface area contributed by atoms with Gasteiger partial charge in [0.1, 0.15) is 11.6 Å². The quantitative estimate of drug-likeness (QED) is 0.661. The fourth-order valence-corrected chi connectivity index (χ4v) is 3.16. The van der Waals surface area contributed by atoms with Gasteiger partial charge in [-0.1, -0.05) is 32.0 Å². The number of likely N-dealkylation sites (N-methyl/N-ethyl adjacent to an activating group) is 1. The summed E-state index contributed by atoms with van der Waals surface area (Å²) in [5.41, 5.74) is 2.23. The molecule has 1 fully saturated rings. The van der Waals surface area contributed by atoms with Gasteiger partial charge in [-0.3, -0.25) is 4.79 Å². The van der Waals surface area contributed by atoms with Crippen molar-refractivity contribution in [3.05, 3.63) is 41.6 Å². The van der Waals surface area contributed by atoms with E-state index in [0.717, 1.165) is 37.2 Å². The monoisotopic (exact) mass is 340 g/mol. The van der Waals surface area contributed by atoms with E-state index in [1.54, 1.807) is 11.9 Å². The van der Waals surface area contributed by atoms with Crippen LogP contribution in [0.4, 0.5) is 5.69 Å². The predicted molar refractivity (Wildman–Crippen MR) is 101 cm³/mol. The Kier molecular flexibility index (Phi) is 6.60. The summed E-state index contributed by atoms with van der Waals surface area (Å²) in [6, 6.07) is 10.2. The average molecular weight is 340 g/mol. The van der Waals surface area contributed by atoms with Crippen LogP contribution in [0.15, 0.2) is 36.0 Å². The molecule has 0 atom stereocenters. The van der Waals surface area contributed by atoms with Gasteiger partial charge in [0.2, 0.25) is 0 Å². The molecule has 5 nitrogen and oxygen atoms in total. The van der Waals surface area contributed by atoms with Crippen LogP contribution in [0.25, 0.3) is 0 Å². The van der Waals surface area contributed by atoms with E-state index in [9.17, 15) is 10.1 Å². The Morgan fingerprint density at radius 1 is 1.36 bits per heavy atom. The van der Waals surface area contributed by atoms with Crippen molar-refractivity contribution in [1.82, 2.24) is 9.80 Å². The summed E-state index contributed by atoms with van der Waals surface area (Å²) in [7, 11) is 3.89. The topological polar surface area (TPSA) is 59.4 Å². The number of benzene rings is 1. The number of anilines is 1. The highest BCUT2D eigenvalue weighted by atomic mass is 16.2. The number of likely N-dealkylation sites (tertiary alicyclic amines) is 1. The van der Waals surface area contributed by atoms with Crippen LogP contribution in [0.2, 0.25) is 0 Å². The van der Waals surface area contributed by atoms with Crippen LogP contribution in [0.1, 0.15) is 38.2 Å². The first-order valence-electron chi connectivity index (χ1n) is 8.85. The number of nitriles is 1. The molecule has 0 unspecified atom stereocenters. The SMILES string of the molecule is CC(C)c1ccccc1N/C=C(/C#N)C(=O)N(C)C1CCN(C)CC1. The van der Waals surface area contributed by atoms with Crippen LogP contribution >= 0.6 is 0 Å². The Morgan fingerprint density at radius 2 is 2.00 bits per heavy atom. The summed E-state index contributed by atoms with van der Waals surface area (Å²) in [5, 5.41) is 12.6. The van der Waals surface area contributed by atoms with Crippen LogP contribution in [-0.2, 0) is 4.79 Å². The molecule has 1 aromatic carbocycles. The number of amides is 1. The highest BCUT2D eigenvalue weighted by Gasteiger charge is 2.25. The Morgan fingerprint density at radius 3 is 2.60 bits per heavy atom. The molecule has 1 N–H and O–H groups in total. The van der Waals surface area contributed by atoms with E-state index in [1.165, 1.54) is 6.20 Å². The molecule has 0 aliphatic carbocycles. The number of nitrogens with zero attached hydrogens (tertiary/aromatic N) is 3. The molecule has 25 heavy (non-hydrogen) atoms. The maximum Gasteiger partial charge on any atom is 0.266 e. The molecule has 1 heterocycles. The first kappa shape index (κ1) is 19.0. The molecule has 1 aliphatic rings. The van der Waals surface area contributed by atoms with E-state index < -0.39 is 0 Å². The van der Waals surface area contributed by atoms with Crippen LogP contribution in [0, 0.1) is 11.3 Å². The zero-order valence-electron chi connectivity index (χ0n) is 15.6. The average Bonchev–Trinajstić information content (AvgIpc) is 2.62. The van der Waals surface area contributed by atoms with Crippen molar-refractivity contribution in [2.45, 2.75) is 38.6 Å². The molecule has 0 saturated carbocycles. The van der Waals surface area contributed by atoms with Gasteiger partial charge >= 0.3 is 0 Å². The third kappa shape index (κ3) is 4.83. The van der Waals surface area contributed by atoms with E-state index in [-0.39, 0.29) is 17.5 Å². The van der Waals surface area contributed by atoms with Crippen molar-refractivity contribution in [3.8, 4) is 6.07 Å². The third-order valence-electron chi connectivity index (χ3n) is 4.86. The smallest absolute Gasteiger partial charge is 0.266 e. The van der Waals surface area contributed by atoms with Crippen LogP contribution in [0.3, 0.4) is 0 Å². The molecule has 0 aromatic heterocycles. The fourth-order valence-electron chi connectivity index (χ4n) is 3.16. The molecule has 0 spiro atoms. The number of hydrogen-bond donors (Lipinski definition) is 1. The van der Waals surface area contributed by atoms with Gasteiger partial charge in [0.15, 0.2) is 0 Å². The maximum atomic E-state index is 12.7. The maximum absolute atomic E-state index is 12.7. The summed E-state index contributed by atoms with van der Waals surface area (Å²) in [6.07, 6.45) is 3.43. The second-order valence-corrected chi connectivity index (χ2v) is 7.01. The number of rotatable bonds is 5. The summed E-state index contributed by atoms with van der Waals surface area (Å²) in [4.78, 5) is 16.7. The van der Waals surface area contributed by atoms with Crippen LogP contribution < -0.4 is 5.32 Å². The zero-order chi connectivity index (χ0) is 18.4. The van der Waals surface area contributed by atoms with Crippen molar-refractivity contribution in [2.75, 3.05) is 32.5 Å². The summed E-state index contributed by atoms with van der Waals surface area (Å²) < 4.78 is 0. The van der Waals surface area contributed by atoms with Gasteiger partial charge in [-0.15, -0.1) is 0 Å². The molecular weight excluding hydrogens is 312 g/mol. The molecule has 1 aromatic rings. The lowest BCUT2D eigenvalue weighted by molar-refractivity contribution is -0.128. The first-order valence-corrected chi connectivity index (χ1v) is 8.85. The van der Waals surface area contributed by atoms with Crippen LogP contribution in [-0.4, -0.2) is 48.9 Å². The lowest BCUT2D eigenvalue weighted by Gasteiger charge is -2.35. The Hall–Kier alpha value is -2.32. The lowest BCUT2D eigenvalue weighted by Crippen LogP contribution is -2.44. The Balaban J connectivity index is 2.09. The number of nitrogens with one attached hydrogen (secondary N) is 1. The van der Waals surface area contributed by atoms with Gasteiger partial charge in [-0.25, -0.2) is 0 Å². The molecular formula is C20H28N4O. The van der Waals surface area contributed by atoms with Crippen molar-refractivity contribution in [2.24, 2.45) is 0 Å². The molecule has 1 aliphatic heterocycles. The van der Waals surface area contributed by atoms with Gasteiger partial charge in [0, 0.05) is 25.0 Å². The van der Waals surface area contributed by atoms with E-state index in [1.807, 2.05) is 24.3 Å². The van der Waals surface area contributed by atoms with Crippen molar-refractivity contribution in [1.29, 1.82) is 5.26 Å². The fraction of sp³-hybridized carbons (Fsp3) is 0.500. The highest BCUT2D eigenvalue weighted by molar-refractivity contribution is 5.97. The van der Waals surface area contributed by atoms with Gasteiger partial charge < -0.3 is 15.1 Å². The number of hydrogen-bond acceptors (Lipinski definition) is 4. The molecule has 0 radical (unpaired) electrons. The number of carbonyl (C=O) groups is 1. The van der Waals surface area contributed by atoms with Crippen molar-refractivity contribution in [3.63, 3.8) is 0 Å². The summed E-state index contributed by atoms with van der Waals surface area (Å²) in [6.45, 7) is 6.20. The summed E-state index contributed by atoms with van der Waals surface area (Å²) in [5.74, 6) is 0.145. The lowest BCUT2D eigenvalue weighted by atomic mass is 10.0. The highest BCUT2D eigenvalue weighted by Crippen LogP contribution is 2.24. The van der Waals surface area contributed by atoms with Gasteiger partial charge in [0.05, 0.1) is 0 Å². The van der Waals surface area contributed by atoms with E-state index in [0.29, 0.717) is 5.92 Å². The second kappa shape index (κ2) is 8.68. The van der Waals surface area contributed by atoms with Gasteiger partial charge in [0.25, 0.3) is 5.91 Å². The van der Waals surface area contributed by atoms with Gasteiger partial charge in [-0.2, -0.15) is 5.26 Å². The second-order valence-electron chi connectivity index (χ2n) is 7.01. The number of carbonyl (C=O) groups excluding carboxylic acids is 1. The predicted octanol–water partition coefficient (Wildman–Crippen LogP) is 3.18. The molecule has 134 valence electrons. The van der Waals surface area contributed by atoms with E-state index in [4.69, 9.17) is 0 Å². The molecule has 1 saturated heterocycles. The zero-order valence-corrected chi connectivity index (χ0v) is 15.6. The number of piperidine rings is 1. The van der Waals surface area contributed by atoms with E-state index >= 15 is 0 Å². The standard InChI is InChI=1S/C20H28N4O/c1-15(2)18-7-5-6-8-19(18)22-14-16(13-21)20(25)24(4)17-9-11-23(3)12-10-17/h5-8,14-15,17,22H,9-12H2,1-4H3/b16-14-. The minimum atomic E-state index is -0.216. The first-order chi connectivity index (χ1) is 11.9. The normalized spacial score (nSPS) is 16.6. The minimum absolute atomic E-state index is 0.139. The Labute approximate surface area is 150 Å². The van der Waals surface area contributed by atoms with Crippen molar-refractivity contribution < 1.29 is 4.79 Å². The minimum Gasteiger partial charge on any atom is -0.360 e. The third-order valence-corrected chi connectivity index (χ3v) is 4.86. The van der Waals surface area contributed by atoms with Gasteiger partial charge in [-0.05, 0) is 50.5 Å². The van der Waals surface area contributed by atoms with Crippen molar-refractivity contribution >= 4 is 11.6 Å². The summed E-state index contributed by atoms with van der Waals surface area (Å²) >= 11 is 0. The molecule has 5 heteroatoms. The Bertz CT molecular complexity index is 667. The molecule has 2 rings (SSSR count).